The van der Waals surface area contributed by atoms with E-state index >= 15 is 0 Å². The summed E-state index contributed by atoms with van der Waals surface area (Å²) >= 11 is 0. The number of hydrogen-bond acceptors (Lipinski definition) is 3. The molecule has 5 heteroatoms. The lowest BCUT2D eigenvalue weighted by molar-refractivity contribution is -0.177. The summed E-state index contributed by atoms with van der Waals surface area (Å²) in [4.78, 5) is 24.0. The fraction of sp³-hybridized carbons (Fsp3) is 0.800. The first-order valence-electron chi connectivity index (χ1n) is 5.11. The van der Waals surface area contributed by atoms with E-state index in [1.165, 1.54) is 4.90 Å². The summed E-state index contributed by atoms with van der Waals surface area (Å²) in [5, 5.41) is 18.7. The van der Waals surface area contributed by atoms with Crippen LogP contribution < -0.4 is 0 Å². The SMILES string of the molecule is CC(C)(O)[C@@H]1C(=O)N2[C@@H]1CC[C@H]2C(=O)O. The second-order valence-electron chi connectivity index (χ2n) is 4.88. The van der Waals surface area contributed by atoms with Crippen LogP contribution in [0.1, 0.15) is 26.7 Å². The quantitative estimate of drug-likeness (QED) is 0.624. The molecule has 1 amide bonds. The maximum Gasteiger partial charge on any atom is 0.326 e. The molecule has 2 N–H and O–H groups in total. The van der Waals surface area contributed by atoms with Gasteiger partial charge in [-0.2, -0.15) is 0 Å². The van der Waals surface area contributed by atoms with Crippen LogP contribution in [-0.2, 0) is 9.59 Å². The molecule has 2 heterocycles. The molecule has 2 rings (SSSR count). The number of aliphatic carboxylic acids is 1. The third-order valence-corrected chi connectivity index (χ3v) is 3.38. The molecular weight excluding hydrogens is 198 g/mol. The minimum Gasteiger partial charge on any atom is -0.480 e. The van der Waals surface area contributed by atoms with Gasteiger partial charge < -0.3 is 15.1 Å². The molecule has 0 aromatic rings. The highest BCUT2D eigenvalue weighted by molar-refractivity contribution is 5.92. The number of carboxylic acid groups (broad SMARTS) is 1. The Balaban J connectivity index is 2.17. The van der Waals surface area contributed by atoms with Crippen molar-refractivity contribution in [2.24, 2.45) is 5.92 Å². The average Bonchev–Trinajstić information content (AvgIpc) is 2.40. The highest BCUT2D eigenvalue weighted by Gasteiger charge is 2.60. The van der Waals surface area contributed by atoms with Crippen molar-refractivity contribution in [2.75, 3.05) is 0 Å². The fourth-order valence-electron chi connectivity index (χ4n) is 2.74. The van der Waals surface area contributed by atoms with E-state index in [-0.39, 0.29) is 11.9 Å². The first kappa shape index (κ1) is 10.4. The summed E-state index contributed by atoms with van der Waals surface area (Å²) in [6.45, 7) is 3.20. The molecule has 0 radical (unpaired) electrons. The molecule has 2 aliphatic rings. The van der Waals surface area contributed by atoms with Gasteiger partial charge in [-0.25, -0.2) is 4.79 Å². The van der Waals surface area contributed by atoms with Crippen molar-refractivity contribution in [2.45, 2.75) is 44.4 Å². The zero-order valence-electron chi connectivity index (χ0n) is 8.80. The number of carboxylic acids is 1. The molecule has 2 aliphatic heterocycles. The highest BCUT2D eigenvalue weighted by atomic mass is 16.4. The van der Waals surface area contributed by atoms with Crippen LogP contribution in [0.2, 0.25) is 0 Å². The Bertz CT molecular complexity index is 320. The van der Waals surface area contributed by atoms with Crippen LogP contribution in [0.25, 0.3) is 0 Å². The molecule has 0 aliphatic carbocycles. The first-order valence-corrected chi connectivity index (χ1v) is 5.11. The number of aliphatic hydroxyl groups is 1. The highest BCUT2D eigenvalue weighted by Crippen LogP contribution is 2.44. The van der Waals surface area contributed by atoms with Gasteiger partial charge in [0.2, 0.25) is 5.91 Å². The number of nitrogens with zero attached hydrogens (tertiary/aromatic N) is 1. The van der Waals surface area contributed by atoms with Gasteiger partial charge in [-0.3, -0.25) is 4.79 Å². The van der Waals surface area contributed by atoms with Crippen molar-refractivity contribution in [1.82, 2.24) is 4.90 Å². The third-order valence-electron chi connectivity index (χ3n) is 3.38. The van der Waals surface area contributed by atoms with Gasteiger partial charge in [0.25, 0.3) is 0 Å². The zero-order valence-corrected chi connectivity index (χ0v) is 8.80. The minimum atomic E-state index is -1.05. The van der Waals surface area contributed by atoms with Crippen molar-refractivity contribution in [3.63, 3.8) is 0 Å². The van der Waals surface area contributed by atoms with Gasteiger partial charge in [0.15, 0.2) is 0 Å². The molecule has 0 unspecified atom stereocenters. The van der Waals surface area contributed by atoms with Crippen LogP contribution in [0.5, 0.6) is 0 Å². The van der Waals surface area contributed by atoms with Gasteiger partial charge >= 0.3 is 5.97 Å². The van der Waals surface area contributed by atoms with Gasteiger partial charge in [0, 0.05) is 6.04 Å². The average molecular weight is 213 g/mol. The Morgan fingerprint density at radius 2 is 2.07 bits per heavy atom. The number of carbonyl (C=O) groups is 2. The summed E-state index contributed by atoms with van der Waals surface area (Å²) in [5.41, 5.74) is -1.05. The molecule has 0 bridgehead atoms. The van der Waals surface area contributed by atoms with Gasteiger partial charge in [-0.15, -0.1) is 0 Å². The summed E-state index contributed by atoms with van der Waals surface area (Å²) in [6.07, 6.45) is 1.18. The predicted molar refractivity (Wildman–Crippen MR) is 51.1 cm³/mol. The standard InChI is InChI=1S/C10H15NO4/c1-10(2,15)7-5-3-4-6(9(13)14)11(5)8(7)12/h5-7,15H,3-4H2,1-2H3,(H,13,14)/t5-,6+,7+/m1/s1. The van der Waals surface area contributed by atoms with Crippen molar-refractivity contribution < 1.29 is 19.8 Å². The van der Waals surface area contributed by atoms with Crippen LogP contribution in [-0.4, -0.2) is 44.7 Å². The lowest BCUT2D eigenvalue weighted by atomic mass is 9.76. The number of hydrogen-bond donors (Lipinski definition) is 2. The topological polar surface area (TPSA) is 77.8 Å². The van der Waals surface area contributed by atoms with Gasteiger partial charge in [-0.1, -0.05) is 0 Å². The van der Waals surface area contributed by atoms with E-state index in [1.54, 1.807) is 13.8 Å². The molecule has 84 valence electrons. The summed E-state index contributed by atoms with van der Waals surface area (Å²) in [6, 6.07) is -0.764. The largest absolute Gasteiger partial charge is 0.480 e. The lowest BCUT2D eigenvalue weighted by Crippen LogP contribution is -2.67. The molecule has 5 nitrogen and oxygen atoms in total. The van der Waals surface area contributed by atoms with E-state index in [2.05, 4.69) is 0 Å². The second-order valence-corrected chi connectivity index (χ2v) is 4.88. The smallest absolute Gasteiger partial charge is 0.326 e. The van der Waals surface area contributed by atoms with E-state index in [0.29, 0.717) is 12.8 Å². The Hall–Kier alpha value is -1.10. The van der Waals surface area contributed by atoms with E-state index in [0.717, 1.165) is 0 Å². The van der Waals surface area contributed by atoms with E-state index in [1.807, 2.05) is 0 Å². The summed E-state index contributed by atoms with van der Waals surface area (Å²) in [7, 11) is 0. The maximum atomic E-state index is 11.7. The van der Waals surface area contributed by atoms with Crippen molar-refractivity contribution in [1.29, 1.82) is 0 Å². The third kappa shape index (κ3) is 1.33. The monoisotopic (exact) mass is 213 g/mol. The fourth-order valence-corrected chi connectivity index (χ4v) is 2.74. The van der Waals surface area contributed by atoms with Gasteiger partial charge in [-0.05, 0) is 26.7 Å². The summed E-state index contributed by atoms with van der Waals surface area (Å²) in [5.74, 6) is -1.60. The number of amides is 1. The minimum absolute atomic E-state index is 0.0846. The van der Waals surface area contributed by atoms with E-state index in [9.17, 15) is 14.7 Å². The first-order chi connectivity index (χ1) is 6.84. The normalized spacial score (nSPS) is 35.0. The Morgan fingerprint density at radius 1 is 1.47 bits per heavy atom. The van der Waals surface area contributed by atoms with Crippen LogP contribution >= 0.6 is 0 Å². The lowest BCUT2D eigenvalue weighted by Gasteiger charge is -2.49. The maximum absolute atomic E-state index is 11.7. The van der Waals surface area contributed by atoms with Gasteiger partial charge in [0.1, 0.15) is 6.04 Å². The number of fused-ring (bicyclic) bond motifs is 1. The predicted octanol–water partition coefficient (Wildman–Crippen LogP) is -0.169. The Kier molecular flexibility index (Phi) is 2.05. The molecule has 3 atom stereocenters. The zero-order chi connectivity index (χ0) is 11.4. The summed E-state index contributed by atoms with van der Waals surface area (Å²) < 4.78 is 0. The molecule has 0 aromatic heterocycles. The number of carbonyl (C=O) groups excluding carboxylic acids is 1. The van der Waals surface area contributed by atoms with E-state index in [4.69, 9.17) is 5.11 Å². The van der Waals surface area contributed by atoms with Crippen molar-refractivity contribution in [3.05, 3.63) is 0 Å². The molecular formula is C10H15NO4. The van der Waals surface area contributed by atoms with Gasteiger partial charge in [0.05, 0.1) is 11.5 Å². The molecule has 15 heavy (non-hydrogen) atoms. The Labute approximate surface area is 87.7 Å². The molecule has 2 fully saturated rings. The van der Waals surface area contributed by atoms with E-state index < -0.39 is 23.5 Å². The molecule has 0 spiro atoms. The number of β-lactam (4-membered cyclic amide) rings is 1. The van der Waals surface area contributed by atoms with Crippen LogP contribution in [0.4, 0.5) is 0 Å². The molecule has 0 aromatic carbocycles. The van der Waals surface area contributed by atoms with Crippen LogP contribution in [0, 0.1) is 5.92 Å². The molecule has 0 saturated carbocycles. The van der Waals surface area contributed by atoms with Crippen molar-refractivity contribution >= 4 is 11.9 Å². The number of rotatable bonds is 2. The van der Waals surface area contributed by atoms with Crippen molar-refractivity contribution in [3.8, 4) is 0 Å². The van der Waals surface area contributed by atoms with Crippen LogP contribution in [0.3, 0.4) is 0 Å². The molecule has 2 saturated heterocycles. The van der Waals surface area contributed by atoms with Crippen LogP contribution in [0.15, 0.2) is 0 Å². The second kappa shape index (κ2) is 2.95. The Morgan fingerprint density at radius 3 is 2.53 bits per heavy atom.